The van der Waals surface area contributed by atoms with Crippen LogP contribution in [-0.4, -0.2) is 36.8 Å². The normalized spacial score (nSPS) is 16.5. The van der Waals surface area contributed by atoms with Gasteiger partial charge in [-0.2, -0.15) is 0 Å². The zero-order valence-corrected chi connectivity index (χ0v) is 18.6. The molecule has 1 aromatic rings. The molecule has 5 nitrogen and oxygen atoms in total. The largest absolute Gasteiger partial charge is 0.469 e. The van der Waals surface area contributed by atoms with Crippen molar-refractivity contribution in [1.29, 1.82) is 0 Å². The van der Waals surface area contributed by atoms with Gasteiger partial charge >= 0.3 is 0 Å². The van der Waals surface area contributed by atoms with Crippen LogP contribution in [0.25, 0.3) is 0 Å². The number of guanidine groups is 1. The van der Waals surface area contributed by atoms with Crippen molar-refractivity contribution < 1.29 is 9.52 Å². The van der Waals surface area contributed by atoms with E-state index in [9.17, 15) is 5.11 Å². The minimum absolute atomic E-state index is 0. The van der Waals surface area contributed by atoms with Crippen LogP contribution >= 0.6 is 24.0 Å². The van der Waals surface area contributed by atoms with Gasteiger partial charge in [0, 0.05) is 32.2 Å². The van der Waals surface area contributed by atoms with Gasteiger partial charge in [-0.25, -0.2) is 0 Å². The van der Waals surface area contributed by atoms with Gasteiger partial charge in [0.05, 0.1) is 6.26 Å². The summed E-state index contributed by atoms with van der Waals surface area (Å²) in [5, 5.41) is 16.3. The first-order valence-corrected chi connectivity index (χ1v) is 9.85. The minimum atomic E-state index is 0. The molecule has 1 aliphatic carbocycles. The Morgan fingerprint density at radius 1 is 1.35 bits per heavy atom. The van der Waals surface area contributed by atoms with Crippen LogP contribution in [0.5, 0.6) is 0 Å². The summed E-state index contributed by atoms with van der Waals surface area (Å²) in [6, 6.07) is 4.46. The molecule has 0 radical (unpaired) electrons. The third-order valence-corrected chi connectivity index (χ3v) is 4.79. The molecule has 0 aromatic carbocycles. The van der Waals surface area contributed by atoms with Gasteiger partial charge in [0.2, 0.25) is 0 Å². The molecule has 1 aromatic heterocycles. The van der Waals surface area contributed by atoms with Gasteiger partial charge in [-0.05, 0) is 49.7 Å². The summed E-state index contributed by atoms with van der Waals surface area (Å²) in [6.45, 7) is 6.27. The Balaban J connectivity index is 0.00000338. The van der Waals surface area contributed by atoms with E-state index < -0.39 is 0 Å². The Hall–Kier alpha value is -0.760. The highest BCUT2D eigenvalue weighted by atomic mass is 127. The first-order chi connectivity index (χ1) is 12.2. The quantitative estimate of drug-likeness (QED) is 0.271. The molecule has 2 rings (SSSR count). The number of aliphatic hydroxyl groups is 1. The highest BCUT2D eigenvalue weighted by Crippen LogP contribution is 2.18. The highest BCUT2D eigenvalue weighted by Gasteiger charge is 2.17. The van der Waals surface area contributed by atoms with Gasteiger partial charge in [-0.3, -0.25) is 4.99 Å². The number of aliphatic hydroxyl groups excluding tert-OH is 1. The zero-order chi connectivity index (χ0) is 17.9. The van der Waals surface area contributed by atoms with Crippen LogP contribution in [0, 0.1) is 11.8 Å². The maximum absolute atomic E-state index is 9.30. The van der Waals surface area contributed by atoms with E-state index in [1.54, 1.807) is 6.26 Å². The molecule has 1 unspecified atom stereocenters. The summed E-state index contributed by atoms with van der Waals surface area (Å²) in [6.07, 6.45) is 9.56. The van der Waals surface area contributed by atoms with Crippen molar-refractivity contribution in [2.45, 2.75) is 64.8 Å². The molecule has 0 amide bonds. The Morgan fingerprint density at radius 2 is 2.12 bits per heavy atom. The van der Waals surface area contributed by atoms with Crippen molar-refractivity contribution in [2.24, 2.45) is 16.8 Å². The maximum atomic E-state index is 9.30. The number of nitrogens with one attached hydrogen (secondary N) is 2. The Labute approximate surface area is 175 Å². The summed E-state index contributed by atoms with van der Waals surface area (Å²) in [4.78, 5) is 4.83. The summed E-state index contributed by atoms with van der Waals surface area (Å²) < 4.78 is 5.39. The summed E-state index contributed by atoms with van der Waals surface area (Å²) in [5.41, 5.74) is 0. The van der Waals surface area contributed by atoms with Crippen molar-refractivity contribution in [3.63, 3.8) is 0 Å². The molecule has 0 saturated heterocycles. The first kappa shape index (κ1) is 23.3. The van der Waals surface area contributed by atoms with Gasteiger partial charge in [0.25, 0.3) is 0 Å². The number of rotatable bonds is 10. The van der Waals surface area contributed by atoms with Gasteiger partial charge < -0.3 is 20.2 Å². The van der Waals surface area contributed by atoms with E-state index in [1.165, 1.54) is 25.7 Å². The highest BCUT2D eigenvalue weighted by molar-refractivity contribution is 14.0. The molecule has 1 aliphatic rings. The lowest BCUT2D eigenvalue weighted by Gasteiger charge is -2.20. The molecule has 0 bridgehead atoms. The molecule has 3 N–H and O–H groups in total. The molecule has 1 atom stereocenters. The standard InChI is InChI=1S/C20H35N3O2.HI/c1-16(2)14-17(10-12-24)15-22-20(23-18-6-3-4-7-18)21-11-9-19-8-5-13-25-19;/h5,8,13,16-18,24H,3-4,6-7,9-12,14-15H2,1-2H3,(H2,21,22,23);1H. The van der Waals surface area contributed by atoms with Crippen LogP contribution in [0.1, 0.15) is 58.1 Å². The number of furan rings is 1. The van der Waals surface area contributed by atoms with Crippen molar-refractivity contribution in [3.05, 3.63) is 24.2 Å². The van der Waals surface area contributed by atoms with E-state index >= 15 is 0 Å². The van der Waals surface area contributed by atoms with Crippen molar-refractivity contribution in [1.82, 2.24) is 10.6 Å². The summed E-state index contributed by atoms with van der Waals surface area (Å²) in [7, 11) is 0. The second kappa shape index (κ2) is 13.4. The van der Waals surface area contributed by atoms with Gasteiger partial charge in [0.15, 0.2) is 5.96 Å². The lowest BCUT2D eigenvalue weighted by molar-refractivity contribution is 0.245. The van der Waals surface area contributed by atoms with Crippen LogP contribution < -0.4 is 10.6 Å². The topological polar surface area (TPSA) is 69.8 Å². The molecule has 26 heavy (non-hydrogen) atoms. The molecule has 0 aliphatic heterocycles. The van der Waals surface area contributed by atoms with E-state index in [4.69, 9.17) is 9.41 Å². The van der Waals surface area contributed by atoms with Crippen molar-refractivity contribution >= 4 is 29.9 Å². The monoisotopic (exact) mass is 477 g/mol. The van der Waals surface area contributed by atoms with E-state index in [-0.39, 0.29) is 30.6 Å². The molecule has 150 valence electrons. The number of nitrogens with zero attached hydrogens (tertiary/aromatic N) is 1. The molecular weight excluding hydrogens is 441 g/mol. The third kappa shape index (κ3) is 9.26. The van der Waals surface area contributed by atoms with Crippen molar-refractivity contribution in [2.75, 3.05) is 19.7 Å². The fourth-order valence-electron chi connectivity index (χ4n) is 3.53. The Bertz CT molecular complexity index is 485. The van der Waals surface area contributed by atoms with Gasteiger partial charge in [-0.15, -0.1) is 24.0 Å². The van der Waals surface area contributed by atoms with Crippen LogP contribution in [0.3, 0.4) is 0 Å². The molecule has 1 fully saturated rings. The van der Waals surface area contributed by atoms with E-state index in [0.29, 0.717) is 17.9 Å². The van der Waals surface area contributed by atoms with Gasteiger partial charge in [-0.1, -0.05) is 26.7 Å². The van der Waals surface area contributed by atoms with Crippen LogP contribution in [-0.2, 0) is 6.42 Å². The smallest absolute Gasteiger partial charge is 0.191 e. The second-order valence-corrected chi connectivity index (χ2v) is 7.58. The molecule has 0 spiro atoms. The predicted octanol–water partition coefficient (Wildman–Crippen LogP) is 3.96. The lowest BCUT2D eigenvalue weighted by atomic mass is 9.94. The van der Waals surface area contributed by atoms with E-state index in [0.717, 1.165) is 44.1 Å². The van der Waals surface area contributed by atoms with Crippen LogP contribution in [0.4, 0.5) is 0 Å². The number of aliphatic imine (C=N–C) groups is 1. The van der Waals surface area contributed by atoms with Crippen LogP contribution in [0.15, 0.2) is 27.8 Å². The fourth-order valence-corrected chi connectivity index (χ4v) is 3.53. The van der Waals surface area contributed by atoms with E-state index in [1.807, 2.05) is 12.1 Å². The third-order valence-electron chi connectivity index (χ3n) is 4.79. The minimum Gasteiger partial charge on any atom is -0.469 e. The summed E-state index contributed by atoms with van der Waals surface area (Å²) >= 11 is 0. The number of halogens is 1. The average Bonchev–Trinajstić information content (AvgIpc) is 3.25. The summed E-state index contributed by atoms with van der Waals surface area (Å²) in [5.74, 6) is 2.97. The SMILES string of the molecule is CC(C)CC(CCO)CN=C(NCCc1ccco1)NC1CCCC1.I. The Morgan fingerprint density at radius 3 is 2.73 bits per heavy atom. The number of hydrogen-bond acceptors (Lipinski definition) is 3. The van der Waals surface area contributed by atoms with E-state index in [2.05, 4.69) is 24.5 Å². The predicted molar refractivity (Wildman–Crippen MR) is 118 cm³/mol. The Kier molecular flexibility index (Phi) is 12.0. The molecule has 1 heterocycles. The average molecular weight is 477 g/mol. The fraction of sp³-hybridized carbons (Fsp3) is 0.750. The van der Waals surface area contributed by atoms with Gasteiger partial charge in [0.1, 0.15) is 5.76 Å². The number of hydrogen-bond donors (Lipinski definition) is 3. The second-order valence-electron chi connectivity index (χ2n) is 7.58. The zero-order valence-electron chi connectivity index (χ0n) is 16.2. The lowest BCUT2D eigenvalue weighted by Crippen LogP contribution is -2.43. The molecular formula is C20H36IN3O2. The van der Waals surface area contributed by atoms with Crippen LogP contribution in [0.2, 0.25) is 0 Å². The maximum Gasteiger partial charge on any atom is 0.191 e. The molecule has 6 heteroatoms. The first-order valence-electron chi connectivity index (χ1n) is 9.85. The molecule has 1 saturated carbocycles. The van der Waals surface area contributed by atoms with Crippen molar-refractivity contribution in [3.8, 4) is 0 Å².